The lowest BCUT2D eigenvalue weighted by Crippen LogP contribution is -2.21. The summed E-state index contributed by atoms with van der Waals surface area (Å²) in [6, 6.07) is 6.16. The van der Waals surface area contributed by atoms with Gasteiger partial charge >= 0.3 is 0 Å². The van der Waals surface area contributed by atoms with Crippen LogP contribution < -0.4 is 5.32 Å². The Morgan fingerprint density at radius 3 is 3.06 bits per heavy atom. The topological polar surface area (TPSA) is 24.9 Å². The van der Waals surface area contributed by atoms with Gasteiger partial charge in [-0.05, 0) is 37.5 Å². The maximum atomic E-state index is 13.1. The van der Waals surface area contributed by atoms with Crippen LogP contribution >= 0.6 is 11.3 Å². The summed E-state index contributed by atoms with van der Waals surface area (Å²) in [7, 11) is 0. The molecule has 3 heterocycles. The van der Waals surface area contributed by atoms with Crippen LogP contribution in [0.25, 0.3) is 10.2 Å². The highest BCUT2D eigenvalue weighted by Crippen LogP contribution is 2.42. The van der Waals surface area contributed by atoms with E-state index in [-0.39, 0.29) is 5.82 Å². The first kappa shape index (κ1) is 9.97. The van der Waals surface area contributed by atoms with Gasteiger partial charge in [0, 0.05) is 18.0 Å². The van der Waals surface area contributed by atoms with E-state index in [0.717, 1.165) is 10.2 Å². The Hall–Kier alpha value is -1.00. The standard InChI is InChI=1S/C13H13FN2S/c14-7-1-3-11-12(5-7)17-13(16-11)9-6-8-2-4-10(9)15-8/h1,3,5,8-10,15H,2,4,6H2. The molecule has 17 heavy (non-hydrogen) atoms. The summed E-state index contributed by atoms with van der Waals surface area (Å²) in [6.07, 6.45) is 3.77. The van der Waals surface area contributed by atoms with Crippen LogP contribution in [0.3, 0.4) is 0 Å². The van der Waals surface area contributed by atoms with E-state index < -0.39 is 0 Å². The number of nitrogens with one attached hydrogen (secondary N) is 1. The van der Waals surface area contributed by atoms with E-state index in [0.29, 0.717) is 18.0 Å². The van der Waals surface area contributed by atoms with Crippen molar-refractivity contribution in [1.29, 1.82) is 0 Å². The SMILES string of the molecule is Fc1ccc2nc(C3CC4CCC3N4)sc2c1. The van der Waals surface area contributed by atoms with E-state index in [2.05, 4.69) is 10.3 Å². The predicted molar refractivity (Wildman–Crippen MR) is 66.9 cm³/mol. The maximum absolute atomic E-state index is 13.1. The minimum absolute atomic E-state index is 0.168. The molecule has 3 atom stereocenters. The molecule has 4 rings (SSSR count). The second kappa shape index (κ2) is 3.50. The van der Waals surface area contributed by atoms with Crippen molar-refractivity contribution in [3.63, 3.8) is 0 Å². The second-order valence-electron chi connectivity index (χ2n) is 5.05. The van der Waals surface area contributed by atoms with Gasteiger partial charge in [0.25, 0.3) is 0 Å². The van der Waals surface area contributed by atoms with Crippen molar-refractivity contribution < 1.29 is 4.39 Å². The van der Waals surface area contributed by atoms with E-state index in [1.54, 1.807) is 23.5 Å². The quantitative estimate of drug-likeness (QED) is 0.839. The highest BCUT2D eigenvalue weighted by molar-refractivity contribution is 7.18. The molecule has 2 bridgehead atoms. The molecule has 1 N–H and O–H groups in total. The zero-order chi connectivity index (χ0) is 11.4. The highest BCUT2D eigenvalue weighted by atomic mass is 32.1. The molecule has 2 aliphatic rings. The number of halogens is 1. The average Bonchev–Trinajstić information content (AvgIpc) is 3.01. The van der Waals surface area contributed by atoms with Crippen LogP contribution in [0.5, 0.6) is 0 Å². The van der Waals surface area contributed by atoms with Gasteiger partial charge in [0.15, 0.2) is 0 Å². The van der Waals surface area contributed by atoms with Gasteiger partial charge in [0.05, 0.1) is 15.2 Å². The maximum Gasteiger partial charge on any atom is 0.124 e. The fraction of sp³-hybridized carbons (Fsp3) is 0.462. The predicted octanol–water partition coefficient (Wildman–Crippen LogP) is 3.04. The monoisotopic (exact) mass is 248 g/mol. The third-order valence-corrected chi connectivity index (χ3v) is 5.13. The number of benzene rings is 1. The molecular weight excluding hydrogens is 235 g/mol. The van der Waals surface area contributed by atoms with Gasteiger partial charge in [-0.1, -0.05) is 0 Å². The van der Waals surface area contributed by atoms with Crippen LogP contribution in [0.15, 0.2) is 18.2 Å². The molecule has 0 radical (unpaired) electrons. The molecule has 2 saturated heterocycles. The molecule has 0 spiro atoms. The van der Waals surface area contributed by atoms with E-state index >= 15 is 0 Å². The average molecular weight is 248 g/mol. The summed E-state index contributed by atoms with van der Waals surface area (Å²) < 4.78 is 14.1. The van der Waals surface area contributed by atoms with Gasteiger partial charge < -0.3 is 5.32 Å². The summed E-state index contributed by atoms with van der Waals surface area (Å²) in [5.41, 5.74) is 0.939. The van der Waals surface area contributed by atoms with E-state index in [9.17, 15) is 4.39 Å². The number of aromatic nitrogens is 1. The summed E-state index contributed by atoms with van der Waals surface area (Å²) in [6.45, 7) is 0. The fourth-order valence-electron chi connectivity index (χ4n) is 3.17. The van der Waals surface area contributed by atoms with Gasteiger partial charge in [-0.2, -0.15) is 0 Å². The van der Waals surface area contributed by atoms with Gasteiger partial charge in [0.1, 0.15) is 5.82 Å². The third-order valence-electron chi connectivity index (χ3n) is 3.98. The summed E-state index contributed by atoms with van der Waals surface area (Å²) in [5.74, 6) is 0.382. The van der Waals surface area contributed by atoms with E-state index in [1.165, 1.54) is 30.3 Å². The van der Waals surface area contributed by atoms with Crippen molar-refractivity contribution in [1.82, 2.24) is 10.3 Å². The molecular formula is C13H13FN2S. The molecule has 88 valence electrons. The van der Waals surface area contributed by atoms with Gasteiger partial charge in [-0.3, -0.25) is 0 Å². The lowest BCUT2D eigenvalue weighted by atomic mass is 9.90. The lowest BCUT2D eigenvalue weighted by Gasteiger charge is -2.16. The van der Waals surface area contributed by atoms with Gasteiger partial charge in [-0.15, -0.1) is 11.3 Å². The molecule has 1 aromatic heterocycles. The highest BCUT2D eigenvalue weighted by Gasteiger charge is 2.41. The van der Waals surface area contributed by atoms with E-state index in [4.69, 9.17) is 0 Å². The Morgan fingerprint density at radius 2 is 2.29 bits per heavy atom. The number of thiazole rings is 1. The molecule has 0 aliphatic carbocycles. The normalized spacial score (nSPS) is 31.5. The van der Waals surface area contributed by atoms with Crippen LogP contribution in [-0.4, -0.2) is 17.1 Å². The van der Waals surface area contributed by atoms with Crippen molar-refractivity contribution in [2.45, 2.75) is 37.3 Å². The zero-order valence-electron chi connectivity index (χ0n) is 9.32. The molecule has 0 saturated carbocycles. The summed E-state index contributed by atoms with van der Waals surface area (Å²) in [4.78, 5) is 4.67. The molecule has 0 amide bonds. The summed E-state index contributed by atoms with van der Waals surface area (Å²) >= 11 is 1.66. The van der Waals surface area contributed by atoms with Crippen LogP contribution in [0.2, 0.25) is 0 Å². The Kier molecular flexibility index (Phi) is 2.05. The second-order valence-corrected chi connectivity index (χ2v) is 6.12. The first-order chi connectivity index (χ1) is 8.29. The van der Waals surface area contributed by atoms with Crippen molar-refractivity contribution >= 4 is 21.6 Å². The Bertz CT molecular complexity index is 580. The third kappa shape index (κ3) is 1.51. The van der Waals surface area contributed by atoms with E-state index in [1.807, 2.05) is 0 Å². The van der Waals surface area contributed by atoms with Crippen LogP contribution in [-0.2, 0) is 0 Å². The van der Waals surface area contributed by atoms with Crippen LogP contribution in [0.1, 0.15) is 30.2 Å². The molecule has 3 unspecified atom stereocenters. The molecule has 1 aromatic carbocycles. The Balaban J connectivity index is 1.76. The Labute approximate surface area is 103 Å². The van der Waals surface area contributed by atoms with Crippen molar-refractivity contribution in [2.24, 2.45) is 0 Å². The van der Waals surface area contributed by atoms with Crippen molar-refractivity contribution in [3.8, 4) is 0 Å². The minimum Gasteiger partial charge on any atom is -0.311 e. The summed E-state index contributed by atoms with van der Waals surface area (Å²) in [5, 5.41) is 4.81. The molecule has 2 aliphatic heterocycles. The number of nitrogens with zero attached hydrogens (tertiary/aromatic N) is 1. The van der Waals surface area contributed by atoms with Crippen LogP contribution in [0.4, 0.5) is 4.39 Å². The first-order valence-corrected chi connectivity index (χ1v) is 6.93. The van der Waals surface area contributed by atoms with Gasteiger partial charge in [0.2, 0.25) is 0 Å². The smallest absolute Gasteiger partial charge is 0.124 e. The van der Waals surface area contributed by atoms with Crippen molar-refractivity contribution in [2.75, 3.05) is 0 Å². The molecule has 2 aromatic rings. The lowest BCUT2D eigenvalue weighted by molar-refractivity contribution is 0.505. The molecule has 4 heteroatoms. The number of hydrogen-bond acceptors (Lipinski definition) is 3. The Morgan fingerprint density at radius 1 is 1.35 bits per heavy atom. The fourth-order valence-corrected chi connectivity index (χ4v) is 4.34. The van der Waals surface area contributed by atoms with Crippen molar-refractivity contribution in [3.05, 3.63) is 29.0 Å². The largest absolute Gasteiger partial charge is 0.311 e. The first-order valence-electron chi connectivity index (χ1n) is 6.11. The number of rotatable bonds is 1. The minimum atomic E-state index is -0.168. The zero-order valence-corrected chi connectivity index (χ0v) is 10.1. The number of hydrogen-bond donors (Lipinski definition) is 1. The number of fused-ring (bicyclic) bond motifs is 3. The van der Waals surface area contributed by atoms with Gasteiger partial charge in [-0.25, -0.2) is 9.37 Å². The molecule has 2 nitrogen and oxygen atoms in total. The molecule has 2 fully saturated rings. The van der Waals surface area contributed by atoms with Crippen LogP contribution in [0, 0.1) is 5.82 Å².